The number of hydrogen-bond acceptors (Lipinski definition) is 4. The summed E-state index contributed by atoms with van der Waals surface area (Å²) in [4.78, 5) is 12.3. The largest absolute Gasteiger partial charge is 0.364 e. The molecule has 3 aliphatic rings. The standard InChI is InChI=1S/C23H22Cl2N4/c24-18-5-1-16(2-6-18)22-23(17-3-7-19(25)8-4-17)28-21(13-26-22)27-20-14-29-11-9-15(20)10-12-29/h1-8,13,15,20H,9-12,14H2,(H,27,28)/t20-/m1/s1. The summed E-state index contributed by atoms with van der Waals surface area (Å²) >= 11 is 12.2. The van der Waals surface area contributed by atoms with Gasteiger partial charge in [-0.05, 0) is 56.1 Å². The smallest absolute Gasteiger partial charge is 0.145 e. The minimum absolute atomic E-state index is 0.436. The fourth-order valence-electron chi connectivity index (χ4n) is 4.41. The molecule has 3 aliphatic heterocycles. The highest BCUT2D eigenvalue weighted by molar-refractivity contribution is 6.31. The minimum Gasteiger partial charge on any atom is -0.364 e. The lowest BCUT2D eigenvalue weighted by Crippen LogP contribution is -2.53. The third kappa shape index (κ3) is 3.97. The van der Waals surface area contributed by atoms with Gasteiger partial charge in [-0.1, -0.05) is 47.5 Å². The number of nitrogens with zero attached hydrogens (tertiary/aromatic N) is 3. The SMILES string of the molecule is Clc1ccc(-c2ncc(N[C@@H]3CN4CCC3CC4)nc2-c2ccc(Cl)cc2)cc1. The number of nitrogens with one attached hydrogen (secondary N) is 1. The number of fused-ring (bicyclic) bond motifs is 3. The van der Waals surface area contributed by atoms with Crippen molar-refractivity contribution in [2.24, 2.45) is 5.92 Å². The van der Waals surface area contributed by atoms with Gasteiger partial charge in [0.15, 0.2) is 0 Å². The van der Waals surface area contributed by atoms with Crippen LogP contribution in [-0.2, 0) is 0 Å². The van der Waals surface area contributed by atoms with Gasteiger partial charge in [0.25, 0.3) is 0 Å². The van der Waals surface area contributed by atoms with Crippen molar-refractivity contribution in [3.8, 4) is 22.5 Å². The number of anilines is 1. The Morgan fingerprint density at radius 3 is 1.97 bits per heavy atom. The fourth-order valence-corrected chi connectivity index (χ4v) is 4.66. The highest BCUT2D eigenvalue weighted by Gasteiger charge is 2.34. The van der Waals surface area contributed by atoms with E-state index in [1.54, 1.807) is 0 Å². The molecule has 4 nitrogen and oxygen atoms in total. The molecule has 6 rings (SSSR count). The molecule has 2 aromatic carbocycles. The van der Waals surface area contributed by atoms with Crippen LogP contribution >= 0.6 is 23.2 Å². The minimum atomic E-state index is 0.436. The van der Waals surface area contributed by atoms with Crippen LogP contribution in [0.3, 0.4) is 0 Å². The zero-order valence-corrected chi connectivity index (χ0v) is 17.5. The van der Waals surface area contributed by atoms with Gasteiger partial charge in [0.05, 0.1) is 17.6 Å². The third-order valence-corrected chi connectivity index (χ3v) is 6.50. The molecule has 0 aliphatic carbocycles. The molecular formula is C23H22Cl2N4. The summed E-state index contributed by atoms with van der Waals surface area (Å²) in [5.41, 5.74) is 3.66. The Hall–Kier alpha value is -2.14. The Kier molecular flexibility index (Phi) is 5.17. The van der Waals surface area contributed by atoms with E-state index in [-0.39, 0.29) is 0 Å². The Bertz CT molecular complexity index is 996. The second kappa shape index (κ2) is 7.94. The summed E-state index contributed by atoms with van der Waals surface area (Å²) in [5, 5.41) is 5.07. The van der Waals surface area contributed by atoms with Crippen LogP contribution in [0.1, 0.15) is 12.8 Å². The summed E-state index contributed by atoms with van der Waals surface area (Å²) in [7, 11) is 0. The lowest BCUT2D eigenvalue weighted by molar-refractivity contribution is 0.0974. The Morgan fingerprint density at radius 2 is 1.41 bits per heavy atom. The molecule has 1 N–H and O–H groups in total. The molecule has 6 heteroatoms. The predicted octanol–water partition coefficient (Wildman–Crippen LogP) is 5.62. The van der Waals surface area contributed by atoms with Crippen LogP contribution in [0.5, 0.6) is 0 Å². The van der Waals surface area contributed by atoms with E-state index in [2.05, 4.69) is 10.2 Å². The van der Waals surface area contributed by atoms with E-state index in [0.29, 0.717) is 16.1 Å². The highest BCUT2D eigenvalue weighted by Crippen LogP contribution is 2.33. The first kappa shape index (κ1) is 18.9. The van der Waals surface area contributed by atoms with Gasteiger partial charge in [-0.25, -0.2) is 4.98 Å². The van der Waals surface area contributed by atoms with Gasteiger partial charge in [-0.15, -0.1) is 0 Å². The monoisotopic (exact) mass is 424 g/mol. The number of halogens is 2. The van der Waals surface area contributed by atoms with Crippen LogP contribution < -0.4 is 5.32 Å². The van der Waals surface area contributed by atoms with Crippen molar-refractivity contribution >= 4 is 29.0 Å². The molecule has 3 saturated heterocycles. The van der Waals surface area contributed by atoms with Crippen LogP contribution in [0.25, 0.3) is 22.5 Å². The molecule has 0 radical (unpaired) electrons. The number of hydrogen-bond donors (Lipinski definition) is 1. The summed E-state index contributed by atoms with van der Waals surface area (Å²) in [6, 6.07) is 15.9. The van der Waals surface area contributed by atoms with Crippen molar-refractivity contribution in [2.75, 3.05) is 25.0 Å². The lowest BCUT2D eigenvalue weighted by atomic mass is 9.84. The normalized spacial score (nSPS) is 23.2. The highest BCUT2D eigenvalue weighted by atomic mass is 35.5. The van der Waals surface area contributed by atoms with Crippen LogP contribution in [0.2, 0.25) is 10.0 Å². The summed E-state index contributed by atoms with van der Waals surface area (Å²) in [5.74, 6) is 1.54. The molecule has 4 heterocycles. The van der Waals surface area contributed by atoms with E-state index in [1.807, 2.05) is 54.7 Å². The Labute approximate surface area is 180 Å². The van der Waals surface area contributed by atoms with Crippen molar-refractivity contribution in [1.29, 1.82) is 0 Å². The first-order chi connectivity index (χ1) is 14.2. The molecule has 2 bridgehead atoms. The maximum Gasteiger partial charge on any atom is 0.145 e. The van der Waals surface area contributed by atoms with Gasteiger partial charge in [0.1, 0.15) is 5.82 Å². The molecule has 148 valence electrons. The summed E-state index contributed by atoms with van der Waals surface area (Å²) in [6.45, 7) is 3.53. The second-order valence-electron chi connectivity index (χ2n) is 7.86. The van der Waals surface area contributed by atoms with Gasteiger partial charge >= 0.3 is 0 Å². The fraction of sp³-hybridized carbons (Fsp3) is 0.304. The topological polar surface area (TPSA) is 41.1 Å². The van der Waals surface area contributed by atoms with Crippen molar-refractivity contribution in [3.63, 3.8) is 0 Å². The molecule has 29 heavy (non-hydrogen) atoms. The molecule has 1 aromatic heterocycles. The van der Waals surface area contributed by atoms with Crippen LogP contribution in [0, 0.1) is 5.92 Å². The second-order valence-corrected chi connectivity index (χ2v) is 8.73. The van der Waals surface area contributed by atoms with E-state index in [0.717, 1.165) is 40.8 Å². The average molecular weight is 425 g/mol. The van der Waals surface area contributed by atoms with Gasteiger partial charge in [-0.3, -0.25) is 4.98 Å². The molecule has 0 amide bonds. The van der Waals surface area contributed by atoms with E-state index < -0.39 is 0 Å². The summed E-state index contributed by atoms with van der Waals surface area (Å²) in [6.07, 6.45) is 4.37. The Morgan fingerprint density at radius 1 is 0.828 bits per heavy atom. The van der Waals surface area contributed by atoms with Crippen LogP contribution in [0.4, 0.5) is 5.82 Å². The maximum absolute atomic E-state index is 6.10. The van der Waals surface area contributed by atoms with E-state index in [4.69, 9.17) is 33.2 Å². The molecule has 0 unspecified atom stereocenters. The quantitative estimate of drug-likeness (QED) is 0.589. The van der Waals surface area contributed by atoms with Gasteiger partial charge in [-0.2, -0.15) is 0 Å². The molecule has 3 aromatic rings. The lowest BCUT2D eigenvalue weighted by Gasteiger charge is -2.45. The first-order valence-corrected chi connectivity index (χ1v) is 10.8. The van der Waals surface area contributed by atoms with Crippen LogP contribution in [-0.4, -0.2) is 40.5 Å². The van der Waals surface area contributed by atoms with Crippen molar-refractivity contribution in [1.82, 2.24) is 14.9 Å². The number of benzene rings is 2. The average Bonchev–Trinajstić information content (AvgIpc) is 2.76. The first-order valence-electron chi connectivity index (χ1n) is 10.0. The zero-order chi connectivity index (χ0) is 19.8. The maximum atomic E-state index is 6.10. The summed E-state index contributed by atoms with van der Waals surface area (Å²) < 4.78 is 0. The van der Waals surface area contributed by atoms with Gasteiger partial charge < -0.3 is 10.2 Å². The van der Waals surface area contributed by atoms with Gasteiger partial charge in [0, 0.05) is 33.8 Å². The number of piperidine rings is 3. The predicted molar refractivity (Wildman–Crippen MR) is 119 cm³/mol. The molecule has 0 spiro atoms. The van der Waals surface area contributed by atoms with Crippen LogP contribution in [0.15, 0.2) is 54.7 Å². The van der Waals surface area contributed by atoms with E-state index in [9.17, 15) is 0 Å². The molecule has 0 saturated carbocycles. The number of rotatable bonds is 4. The van der Waals surface area contributed by atoms with Crippen molar-refractivity contribution in [2.45, 2.75) is 18.9 Å². The Balaban J connectivity index is 1.52. The third-order valence-electron chi connectivity index (χ3n) is 6.00. The van der Waals surface area contributed by atoms with Crippen molar-refractivity contribution < 1.29 is 0 Å². The molecule has 1 atom stereocenters. The number of aromatic nitrogens is 2. The zero-order valence-electron chi connectivity index (χ0n) is 16.0. The van der Waals surface area contributed by atoms with Gasteiger partial charge in [0.2, 0.25) is 0 Å². The molecule has 3 fully saturated rings. The molecular weight excluding hydrogens is 403 g/mol. The van der Waals surface area contributed by atoms with Crippen molar-refractivity contribution in [3.05, 3.63) is 64.8 Å². The van der Waals surface area contributed by atoms with E-state index in [1.165, 1.54) is 25.9 Å². The van der Waals surface area contributed by atoms with E-state index >= 15 is 0 Å².